The predicted octanol–water partition coefficient (Wildman–Crippen LogP) is 2.71. The number of benzene rings is 1. The fourth-order valence-electron chi connectivity index (χ4n) is 2.36. The summed E-state index contributed by atoms with van der Waals surface area (Å²) in [6.45, 7) is 0. The van der Waals surface area contributed by atoms with Crippen LogP contribution in [0.2, 0.25) is 0 Å². The van der Waals surface area contributed by atoms with Crippen molar-refractivity contribution in [2.45, 2.75) is 41.1 Å². The van der Waals surface area contributed by atoms with Gasteiger partial charge in [0, 0.05) is 5.25 Å². The third-order valence-corrected chi connectivity index (χ3v) is 6.13. The van der Waals surface area contributed by atoms with Crippen LogP contribution in [0.1, 0.15) is 25.7 Å². The standard InChI is InChI=1S/C13H18O3S2/c1-16-10-5-7-12(8-6-10)18(14,15)13-4-2-3-11(17)9-13/h5-8,11,13,17H,2-4,9H2,1H3/t11-,13+/m1/s1. The van der Waals surface area contributed by atoms with Crippen molar-refractivity contribution < 1.29 is 13.2 Å². The second-order valence-corrected chi connectivity index (χ2v) is 7.62. The molecule has 100 valence electrons. The number of sulfone groups is 1. The third kappa shape index (κ3) is 2.83. The number of ether oxygens (including phenoxy) is 1. The molecule has 18 heavy (non-hydrogen) atoms. The van der Waals surface area contributed by atoms with Gasteiger partial charge in [0.2, 0.25) is 0 Å². The molecule has 3 nitrogen and oxygen atoms in total. The van der Waals surface area contributed by atoms with E-state index in [9.17, 15) is 8.42 Å². The van der Waals surface area contributed by atoms with Gasteiger partial charge in [-0.05, 0) is 43.5 Å². The minimum absolute atomic E-state index is 0.205. The molecule has 0 bridgehead atoms. The molecule has 0 aromatic heterocycles. The van der Waals surface area contributed by atoms with Crippen LogP contribution in [0.4, 0.5) is 0 Å². The van der Waals surface area contributed by atoms with Gasteiger partial charge in [-0.3, -0.25) is 0 Å². The fourth-order valence-corrected chi connectivity index (χ4v) is 4.80. The van der Waals surface area contributed by atoms with Crippen molar-refractivity contribution in [1.29, 1.82) is 0 Å². The van der Waals surface area contributed by atoms with Gasteiger partial charge in [-0.2, -0.15) is 12.6 Å². The Balaban J connectivity index is 2.23. The summed E-state index contributed by atoms with van der Waals surface area (Å²) >= 11 is 4.41. The van der Waals surface area contributed by atoms with E-state index in [0.29, 0.717) is 17.1 Å². The lowest BCUT2D eigenvalue weighted by molar-refractivity contribution is 0.414. The highest BCUT2D eigenvalue weighted by atomic mass is 32.2. The van der Waals surface area contributed by atoms with Gasteiger partial charge in [-0.15, -0.1) is 0 Å². The van der Waals surface area contributed by atoms with Gasteiger partial charge in [-0.1, -0.05) is 6.42 Å². The molecule has 0 unspecified atom stereocenters. The Hall–Kier alpha value is -0.680. The molecule has 0 N–H and O–H groups in total. The van der Waals surface area contributed by atoms with E-state index in [2.05, 4.69) is 12.6 Å². The zero-order valence-electron chi connectivity index (χ0n) is 10.4. The highest BCUT2D eigenvalue weighted by molar-refractivity contribution is 7.92. The normalized spacial score (nSPS) is 24.8. The monoisotopic (exact) mass is 286 g/mol. The average molecular weight is 286 g/mol. The van der Waals surface area contributed by atoms with Crippen molar-refractivity contribution in [2.24, 2.45) is 0 Å². The van der Waals surface area contributed by atoms with E-state index in [0.717, 1.165) is 19.3 Å². The lowest BCUT2D eigenvalue weighted by Crippen LogP contribution is -2.28. The fraction of sp³-hybridized carbons (Fsp3) is 0.538. The molecule has 5 heteroatoms. The first-order valence-corrected chi connectivity index (χ1v) is 8.16. The van der Waals surface area contributed by atoms with Gasteiger partial charge in [0.05, 0.1) is 17.3 Å². The lowest BCUT2D eigenvalue weighted by Gasteiger charge is -2.26. The molecular weight excluding hydrogens is 268 g/mol. The van der Waals surface area contributed by atoms with E-state index in [1.165, 1.54) is 0 Å². The van der Waals surface area contributed by atoms with Crippen LogP contribution < -0.4 is 4.74 Å². The largest absolute Gasteiger partial charge is 0.497 e. The number of hydrogen-bond donors (Lipinski definition) is 1. The molecule has 1 saturated carbocycles. The summed E-state index contributed by atoms with van der Waals surface area (Å²) in [6, 6.07) is 6.62. The third-order valence-electron chi connectivity index (χ3n) is 3.43. The maximum atomic E-state index is 12.5. The lowest BCUT2D eigenvalue weighted by atomic mass is 10.00. The Labute approximate surface area is 114 Å². The minimum Gasteiger partial charge on any atom is -0.497 e. The topological polar surface area (TPSA) is 43.4 Å². The highest BCUT2D eigenvalue weighted by Crippen LogP contribution is 2.31. The molecule has 1 aromatic carbocycles. The zero-order valence-corrected chi connectivity index (χ0v) is 12.1. The smallest absolute Gasteiger partial charge is 0.181 e. The van der Waals surface area contributed by atoms with Crippen LogP contribution in [-0.4, -0.2) is 26.0 Å². The molecule has 0 saturated heterocycles. The molecule has 0 amide bonds. The van der Waals surface area contributed by atoms with Crippen molar-refractivity contribution in [3.05, 3.63) is 24.3 Å². The number of methoxy groups -OCH3 is 1. The van der Waals surface area contributed by atoms with Crippen molar-refractivity contribution in [2.75, 3.05) is 7.11 Å². The molecule has 1 fully saturated rings. The summed E-state index contributed by atoms with van der Waals surface area (Å²) < 4.78 is 30.0. The van der Waals surface area contributed by atoms with Gasteiger partial charge in [0.1, 0.15) is 5.75 Å². The second-order valence-electron chi connectivity index (χ2n) is 4.66. The van der Waals surface area contributed by atoms with E-state index in [4.69, 9.17) is 4.74 Å². The highest BCUT2D eigenvalue weighted by Gasteiger charge is 2.31. The number of rotatable bonds is 3. The molecular formula is C13H18O3S2. The Kier molecular flexibility index (Phi) is 4.22. The minimum atomic E-state index is -3.22. The first kappa shape index (κ1) is 13.7. The van der Waals surface area contributed by atoms with Crippen LogP contribution in [0.3, 0.4) is 0 Å². The van der Waals surface area contributed by atoms with Gasteiger partial charge in [0.15, 0.2) is 9.84 Å². The molecule has 0 radical (unpaired) electrons. The van der Waals surface area contributed by atoms with Gasteiger partial charge in [0.25, 0.3) is 0 Å². The summed E-state index contributed by atoms with van der Waals surface area (Å²) in [5.41, 5.74) is 0. The second kappa shape index (κ2) is 5.53. The van der Waals surface area contributed by atoms with E-state index in [1.54, 1.807) is 31.4 Å². The van der Waals surface area contributed by atoms with Crippen LogP contribution in [0.15, 0.2) is 29.2 Å². The molecule has 2 atom stereocenters. The molecule has 0 aliphatic heterocycles. The van der Waals surface area contributed by atoms with Crippen LogP contribution >= 0.6 is 12.6 Å². The SMILES string of the molecule is COc1ccc(S(=O)(=O)[C@H]2CCC[C@@H](S)C2)cc1. The van der Waals surface area contributed by atoms with Crippen molar-refractivity contribution >= 4 is 22.5 Å². The molecule has 0 heterocycles. The summed E-state index contributed by atoms with van der Waals surface area (Å²) in [7, 11) is -1.66. The molecule has 0 spiro atoms. The van der Waals surface area contributed by atoms with Gasteiger partial charge in [-0.25, -0.2) is 8.42 Å². The van der Waals surface area contributed by atoms with Crippen LogP contribution in [0, 0.1) is 0 Å². The van der Waals surface area contributed by atoms with E-state index in [1.807, 2.05) is 0 Å². The first-order valence-electron chi connectivity index (χ1n) is 6.10. The maximum Gasteiger partial charge on any atom is 0.181 e. The van der Waals surface area contributed by atoms with E-state index >= 15 is 0 Å². The van der Waals surface area contributed by atoms with Crippen LogP contribution in [0.25, 0.3) is 0 Å². The van der Waals surface area contributed by atoms with E-state index in [-0.39, 0.29) is 10.5 Å². The average Bonchev–Trinajstić information content (AvgIpc) is 2.39. The quantitative estimate of drug-likeness (QED) is 0.869. The molecule has 1 aliphatic carbocycles. The Morgan fingerprint density at radius 2 is 1.89 bits per heavy atom. The summed E-state index contributed by atoms with van der Waals surface area (Å²) in [5.74, 6) is 0.671. The molecule has 1 aromatic rings. The Morgan fingerprint density at radius 1 is 1.22 bits per heavy atom. The predicted molar refractivity (Wildman–Crippen MR) is 75.2 cm³/mol. The van der Waals surface area contributed by atoms with Crippen LogP contribution in [-0.2, 0) is 9.84 Å². The van der Waals surface area contributed by atoms with E-state index < -0.39 is 9.84 Å². The molecule has 2 rings (SSSR count). The van der Waals surface area contributed by atoms with Crippen molar-refractivity contribution in [1.82, 2.24) is 0 Å². The number of thiol groups is 1. The zero-order chi connectivity index (χ0) is 13.2. The van der Waals surface area contributed by atoms with Gasteiger partial charge >= 0.3 is 0 Å². The summed E-state index contributed by atoms with van der Waals surface area (Å²) in [6.07, 6.45) is 3.34. The van der Waals surface area contributed by atoms with Crippen LogP contribution in [0.5, 0.6) is 5.75 Å². The Bertz CT molecular complexity index is 493. The first-order chi connectivity index (χ1) is 8.54. The summed E-state index contributed by atoms with van der Waals surface area (Å²) in [5, 5.41) is -0.0843. The van der Waals surface area contributed by atoms with Crippen molar-refractivity contribution in [3.63, 3.8) is 0 Å². The maximum absolute atomic E-state index is 12.5. The Morgan fingerprint density at radius 3 is 2.44 bits per heavy atom. The summed E-state index contributed by atoms with van der Waals surface area (Å²) in [4.78, 5) is 0.385. The van der Waals surface area contributed by atoms with Crippen molar-refractivity contribution in [3.8, 4) is 5.75 Å². The van der Waals surface area contributed by atoms with Gasteiger partial charge < -0.3 is 4.74 Å². The number of hydrogen-bond acceptors (Lipinski definition) is 4. The molecule has 1 aliphatic rings.